The molecule has 0 unspecified atom stereocenters. The summed E-state index contributed by atoms with van der Waals surface area (Å²) in [6.07, 6.45) is -2.73. The Morgan fingerprint density at radius 2 is 1.76 bits per heavy atom. The number of thioether (sulfide) groups is 1. The zero-order valence-electron chi connectivity index (χ0n) is 15.7. The summed E-state index contributed by atoms with van der Waals surface area (Å²) in [6, 6.07) is 4.91. The molecule has 1 heterocycles. The van der Waals surface area contributed by atoms with E-state index >= 15 is 0 Å². The first-order valence-corrected chi connectivity index (χ1v) is 9.63. The van der Waals surface area contributed by atoms with Crippen LogP contribution in [0.15, 0.2) is 47.6 Å². The molecule has 29 heavy (non-hydrogen) atoms. The molecule has 2 aromatic rings. The lowest BCUT2D eigenvalue weighted by atomic mass is 10.1. The molecule has 10 heteroatoms. The van der Waals surface area contributed by atoms with Crippen molar-refractivity contribution in [1.82, 2.24) is 4.98 Å². The minimum Gasteiger partial charge on any atom is -0.361 e. The number of alkyl halides is 5. The lowest BCUT2D eigenvalue weighted by molar-refractivity contribution is -0.289. The minimum absolute atomic E-state index is 0.134. The fourth-order valence-corrected chi connectivity index (χ4v) is 3.18. The summed E-state index contributed by atoms with van der Waals surface area (Å²) in [7, 11) is 0. The molecule has 0 saturated carbocycles. The van der Waals surface area contributed by atoms with Gasteiger partial charge in [0, 0.05) is 35.1 Å². The first-order valence-electron chi connectivity index (χ1n) is 8.65. The lowest BCUT2D eigenvalue weighted by Gasteiger charge is -2.25. The molecule has 0 bridgehead atoms. The van der Waals surface area contributed by atoms with Crippen molar-refractivity contribution >= 4 is 23.4 Å². The van der Waals surface area contributed by atoms with Gasteiger partial charge in [-0.05, 0) is 30.9 Å². The number of ether oxygens (including phenoxy) is 1. The third kappa shape index (κ3) is 5.24. The van der Waals surface area contributed by atoms with Gasteiger partial charge in [0.25, 0.3) is 5.91 Å². The monoisotopic (exact) mass is 434 g/mol. The summed E-state index contributed by atoms with van der Waals surface area (Å²) >= 11 is 1.40. The zero-order chi connectivity index (χ0) is 21.7. The molecule has 0 atom stereocenters. The number of rotatable bonds is 8. The molecule has 0 saturated heterocycles. The van der Waals surface area contributed by atoms with E-state index in [-0.39, 0.29) is 19.0 Å². The summed E-state index contributed by atoms with van der Waals surface area (Å²) in [5.41, 5.74) is -0.741. The molecule has 1 aromatic carbocycles. The van der Waals surface area contributed by atoms with Crippen LogP contribution < -0.4 is 4.90 Å². The normalized spacial score (nSPS) is 12.1. The van der Waals surface area contributed by atoms with Crippen LogP contribution in [0.4, 0.5) is 27.6 Å². The molecule has 0 aliphatic rings. The van der Waals surface area contributed by atoms with Gasteiger partial charge in [-0.3, -0.25) is 14.7 Å². The Hall–Kier alpha value is -2.20. The quantitative estimate of drug-likeness (QED) is 0.313. The molecule has 0 spiro atoms. The predicted octanol–water partition coefficient (Wildman–Crippen LogP) is 5.49. The van der Waals surface area contributed by atoms with E-state index in [0.29, 0.717) is 28.3 Å². The van der Waals surface area contributed by atoms with E-state index in [1.165, 1.54) is 35.1 Å². The summed E-state index contributed by atoms with van der Waals surface area (Å²) < 4.78 is 70.0. The lowest BCUT2D eigenvalue weighted by Crippen LogP contribution is -2.35. The van der Waals surface area contributed by atoms with E-state index in [9.17, 15) is 26.7 Å². The first kappa shape index (κ1) is 23.1. The van der Waals surface area contributed by atoms with Crippen LogP contribution in [-0.4, -0.2) is 36.2 Å². The molecule has 0 N–H and O–H groups in total. The van der Waals surface area contributed by atoms with Crippen molar-refractivity contribution in [3.63, 3.8) is 0 Å². The Morgan fingerprint density at radius 3 is 2.31 bits per heavy atom. The van der Waals surface area contributed by atoms with Gasteiger partial charge >= 0.3 is 12.1 Å². The number of amides is 1. The SMILES string of the molecule is CCOCN(C(=O)c1ccncc1SCC)c1ccc(C(F)(F)C(F)(F)F)cc1. The van der Waals surface area contributed by atoms with Gasteiger partial charge in [0.15, 0.2) is 0 Å². The van der Waals surface area contributed by atoms with E-state index in [4.69, 9.17) is 4.74 Å². The number of carbonyl (C=O) groups excluding carboxylic acids is 1. The molecular weight excluding hydrogens is 415 g/mol. The van der Waals surface area contributed by atoms with Crippen molar-refractivity contribution in [3.05, 3.63) is 53.9 Å². The van der Waals surface area contributed by atoms with Gasteiger partial charge < -0.3 is 4.74 Å². The van der Waals surface area contributed by atoms with E-state index in [1.54, 1.807) is 6.92 Å². The third-order valence-electron chi connectivity index (χ3n) is 3.88. The number of hydrogen-bond acceptors (Lipinski definition) is 4. The number of anilines is 1. The molecule has 4 nitrogen and oxygen atoms in total. The molecule has 0 aliphatic carbocycles. The second-order valence-corrected chi connectivity index (χ2v) is 7.08. The van der Waals surface area contributed by atoms with Crippen molar-refractivity contribution in [2.24, 2.45) is 0 Å². The topological polar surface area (TPSA) is 42.4 Å². The Labute approximate surface area is 169 Å². The molecule has 0 radical (unpaired) electrons. The predicted molar refractivity (Wildman–Crippen MR) is 100 cm³/mol. The van der Waals surface area contributed by atoms with Gasteiger partial charge in [0.1, 0.15) is 6.73 Å². The third-order valence-corrected chi connectivity index (χ3v) is 4.81. The van der Waals surface area contributed by atoms with Crippen LogP contribution in [0.2, 0.25) is 0 Å². The van der Waals surface area contributed by atoms with Crippen molar-refractivity contribution < 1.29 is 31.5 Å². The standard InChI is InChI=1S/C19H19F5N2O2S/c1-3-28-12-26(17(27)15-9-10-25-11-16(15)29-4-2)14-7-5-13(6-8-14)18(20,21)19(22,23)24/h5-11H,3-4,12H2,1-2H3. The number of carbonyl (C=O) groups is 1. The van der Waals surface area contributed by atoms with Crippen molar-refractivity contribution in [2.45, 2.75) is 30.8 Å². The number of halogens is 5. The minimum atomic E-state index is -5.71. The van der Waals surface area contributed by atoms with Crippen molar-refractivity contribution in [2.75, 3.05) is 24.0 Å². The average Bonchev–Trinajstić information content (AvgIpc) is 2.68. The maximum Gasteiger partial charge on any atom is 0.458 e. The smallest absolute Gasteiger partial charge is 0.361 e. The van der Waals surface area contributed by atoms with Crippen LogP contribution >= 0.6 is 11.8 Å². The summed E-state index contributed by atoms with van der Waals surface area (Å²) in [4.78, 5) is 18.9. The van der Waals surface area contributed by atoms with Gasteiger partial charge in [-0.25, -0.2) is 0 Å². The van der Waals surface area contributed by atoms with Gasteiger partial charge in [-0.2, -0.15) is 22.0 Å². The molecule has 2 rings (SSSR count). The second-order valence-electron chi connectivity index (χ2n) is 5.78. The van der Waals surface area contributed by atoms with E-state index in [2.05, 4.69) is 4.98 Å². The highest BCUT2D eigenvalue weighted by atomic mass is 32.2. The average molecular weight is 434 g/mol. The number of pyridine rings is 1. The van der Waals surface area contributed by atoms with E-state index in [1.807, 2.05) is 6.92 Å². The summed E-state index contributed by atoms with van der Waals surface area (Å²) in [6.45, 7) is 3.70. The Balaban J connectivity index is 2.39. The van der Waals surface area contributed by atoms with Gasteiger partial charge in [-0.1, -0.05) is 19.1 Å². The largest absolute Gasteiger partial charge is 0.458 e. The maximum absolute atomic E-state index is 13.5. The van der Waals surface area contributed by atoms with Crippen LogP contribution in [0, 0.1) is 0 Å². The highest BCUT2D eigenvalue weighted by Gasteiger charge is 2.58. The molecular formula is C19H19F5N2O2S. The fraction of sp³-hybridized carbons (Fsp3) is 0.368. The highest BCUT2D eigenvalue weighted by Crippen LogP contribution is 2.44. The molecule has 1 aromatic heterocycles. The van der Waals surface area contributed by atoms with E-state index < -0.39 is 23.6 Å². The molecule has 0 aliphatic heterocycles. The Kier molecular flexibility index (Phi) is 7.59. The van der Waals surface area contributed by atoms with Crippen LogP contribution in [0.3, 0.4) is 0 Å². The zero-order valence-corrected chi connectivity index (χ0v) is 16.5. The van der Waals surface area contributed by atoms with Crippen molar-refractivity contribution in [1.29, 1.82) is 0 Å². The summed E-state index contributed by atoms with van der Waals surface area (Å²) in [5.74, 6) is -4.78. The van der Waals surface area contributed by atoms with Gasteiger partial charge in [0.2, 0.25) is 0 Å². The molecule has 1 amide bonds. The van der Waals surface area contributed by atoms with E-state index in [0.717, 1.165) is 12.1 Å². The Bertz CT molecular complexity index is 828. The maximum atomic E-state index is 13.5. The molecule has 0 fully saturated rings. The number of nitrogens with zero attached hydrogens (tertiary/aromatic N) is 2. The van der Waals surface area contributed by atoms with Gasteiger partial charge in [0.05, 0.1) is 5.56 Å². The molecule has 158 valence electrons. The van der Waals surface area contributed by atoms with Crippen LogP contribution in [0.5, 0.6) is 0 Å². The van der Waals surface area contributed by atoms with Crippen molar-refractivity contribution in [3.8, 4) is 0 Å². The fourth-order valence-electron chi connectivity index (χ4n) is 2.42. The Morgan fingerprint density at radius 1 is 1.10 bits per heavy atom. The number of hydrogen-bond donors (Lipinski definition) is 0. The number of benzene rings is 1. The van der Waals surface area contributed by atoms with Gasteiger partial charge in [-0.15, -0.1) is 11.8 Å². The first-order chi connectivity index (χ1) is 13.6. The van der Waals surface area contributed by atoms with Crippen LogP contribution in [0.25, 0.3) is 0 Å². The summed E-state index contributed by atoms with van der Waals surface area (Å²) in [5, 5.41) is 0. The second kappa shape index (κ2) is 9.53. The van der Waals surface area contributed by atoms with Crippen LogP contribution in [0.1, 0.15) is 29.8 Å². The van der Waals surface area contributed by atoms with Crippen LogP contribution in [-0.2, 0) is 10.7 Å². The number of aromatic nitrogens is 1. The highest BCUT2D eigenvalue weighted by molar-refractivity contribution is 7.99.